The average Bonchev–Trinajstić information content (AvgIpc) is 2.35. The molecule has 0 amide bonds. The summed E-state index contributed by atoms with van der Waals surface area (Å²) in [6.45, 7) is 0.373. The van der Waals surface area contributed by atoms with E-state index in [-0.39, 0.29) is 12.8 Å². The van der Waals surface area contributed by atoms with Crippen LogP contribution in [-0.4, -0.2) is 35.1 Å². The molecule has 0 fully saturated rings. The van der Waals surface area contributed by atoms with Gasteiger partial charge in [-0.3, -0.25) is 4.79 Å². The standard InChI is InChI=1S/C12H14F6O3/c1-7(10(20,11(13,14)15)12(16,17)18)21-9(19)8-5-3-2-4-6-8/h2-3,7-8,20H,4-6H2,1H3. The maximum atomic E-state index is 12.6. The minimum absolute atomic E-state index is 0.183. The molecule has 9 heteroatoms. The van der Waals surface area contributed by atoms with Crippen LogP contribution in [0, 0.1) is 5.92 Å². The highest BCUT2D eigenvalue weighted by molar-refractivity contribution is 5.73. The molecule has 2 atom stereocenters. The van der Waals surface area contributed by atoms with Gasteiger partial charge in [-0.05, 0) is 26.2 Å². The molecular formula is C12H14F6O3. The van der Waals surface area contributed by atoms with Crippen LogP contribution in [0.25, 0.3) is 0 Å². The molecule has 0 aliphatic heterocycles. The van der Waals surface area contributed by atoms with Crippen LogP contribution < -0.4 is 0 Å². The molecule has 0 aromatic heterocycles. The number of allylic oxidation sites excluding steroid dienone is 2. The van der Waals surface area contributed by atoms with E-state index in [4.69, 9.17) is 5.11 Å². The maximum absolute atomic E-state index is 12.6. The van der Waals surface area contributed by atoms with Gasteiger partial charge in [0, 0.05) is 0 Å². The molecule has 0 saturated carbocycles. The monoisotopic (exact) mass is 320 g/mol. The van der Waals surface area contributed by atoms with Gasteiger partial charge in [-0.25, -0.2) is 0 Å². The molecule has 0 aromatic rings. The quantitative estimate of drug-likeness (QED) is 0.494. The largest absolute Gasteiger partial charge is 0.459 e. The van der Waals surface area contributed by atoms with Crippen molar-refractivity contribution in [3.05, 3.63) is 12.2 Å². The Morgan fingerprint density at radius 3 is 2.10 bits per heavy atom. The number of hydrogen-bond donors (Lipinski definition) is 1. The van der Waals surface area contributed by atoms with Gasteiger partial charge in [0.05, 0.1) is 5.92 Å². The number of alkyl halides is 6. The number of carbonyl (C=O) groups is 1. The summed E-state index contributed by atoms with van der Waals surface area (Å²) in [7, 11) is 0. The highest BCUT2D eigenvalue weighted by Crippen LogP contribution is 2.46. The normalized spacial score (nSPS) is 22.0. The second kappa shape index (κ2) is 5.86. The van der Waals surface area contributed by atoms with Gasteiger partial charge in [-0.2, -0.15) is 26.3 Å². The molecule has 2 unspecified atom stereocenters. The number of ether oxygens (including phenoxy) is 1. The lowest BCUT2D eigenvalue weighted by atomic mass is 9.93. The molecule has 0 saturated heterocycles. The van der Waals surface area contributed by atoms with Crippen molar-refractivity contribution in [3.8, 4) is 0 Å². The Labute approximate surface area is 116 Å². The summed E-state index contributed by atoms with van der Waals surface area (Å²) < 4.78 is 79.7. The predicted octanol–water partition coefficient (Wildman–Crippen LogP) is 3.13. The second-order valence-corrected chi connectivity index (χ2v) is 4.82. The van der Waals surface area contributed by atoms with Crippen molar-refractivity contribution in [2.75, 3.05) is 0 Å². The van der Waals surface area contributed by atoms with Crippen molar-refractivity contribution >= 4 is 5.97 Å². The van der Waals surface area contributed by atoms with Crippen LogP contribution in [0.1, 0.15) is 26.2 Å². The molecular weight excluding hydrogens is 306 g/mol. The molecule has 0 heterocycles. The van der Waals surface area contributed by atoms with Crippen LogP contribution in [0.5, 0.6) is 0 Å². The number of carbonyl (C=O) groups excluding carboxylic acids is 1. The highest BCUT2D eigenvalue weighted by Gasteiger charge is 2.74. The van der Waals surface area contributed by atoms with Crippen molar-refractivity contribution in [1.82, 2.24) is 0 Å². The van der Waals surface area contributed by atoms with E-state index in [1.165, 1.54) is 0 Å². The summed E-state index contributed by atoms with van der Waals surface area (Å²) in [6.07, 6.45) is -10.5. The smallest absolute Gasteiger partial charge is 0.430 e. The summed E-state index contributed by atoms with van der Waals surface area (Å²) in [4.78, 5) is 11.6. The van der Waals surface area contributed by atoms with E-state index in [1.807, 2.05) is 0 Å². The Bertz CT molecular complexity index is 398. The third kappa shape index (κ3) is 3.50. The van der Waals surface area contributed by atoms with Crippen LogP contribution >= 0.6 is 0 Å². The van der Waals surface area contributed by atoms with Crippen LogP contribution in [-0.2, 0) is 9.53 Å². The molecule has 1 aliphatic rings. The van der Waals surface area contributed by atoms with E-state index in [2.05, 4.69) is 4.74 Å². The van der Waals surface area contributed by atoms with Crippen molar-refractivity contribution < 1.29 is 41.0 Å². The topological polar surface area (TPSA) is 46.5 Å². The lowest BCUT2D eigenvalue weighted by Crippen LogP contribution is -2.64. The van der Waals surface area contributed by atoms with Crippen molar-refractivity contribution in [2.24, 2.45) is 5.92 Å². The fourth-order valence-electron chi connectivity index (χ4n) is 1.99. The van der Waals surface area contributed by atoms with E-state index < -0.39 is 35.9 Å². The zero-order valence-electron chi connectivity index (χ0n) is 11.0. The zero-order chi connectivity index (χ0) is 16.5. The van der Waals surface area contributed by atoms with E-state index in [0.29, 0.717) is 13.3 Å². The van der Waals surface area contributed by atoms with Gasteiger partial charge in [0.2, 0.25) is 0 Å². The Hall–Kier alpha value is -1.25. The number of halogens is 6. The van der Waals surface area contributed by atoms with Crippen LogP contribution in [0.15, 0.2) is 12.2 Å². The number of esters is 1. The first-order valence-electron chi connectivity index (χ1n) is 6.12. The predicted molar refractivity (Wildman–Crippen MR) is 59.1 cm³/mol. The summed E-state index contributed by atoms with van der Waals surface area (Å²) in [5.41, 5.74) is -5.10. The maximum Gasteiger partial charge on any atom is 0.430 e. The first-order chi connectivity index (χ1) is 9.41. The van der Waals surface area contributed by atoms with Gasteiger partial charge >= 0.3 is 18.3 Å². The third-order valence-corrected chi connectivity index (χ3v) is 3.35. The SMILES string of the molecule is CC(OC(=O)C1CC=CCC1)C(O)(C(F)(F)F)C(F)(F)F. The summed E-state index contributed by atoms with van der Waals surface area (Å²) >= 11 is 0. The first-order valence-corrected chi connectivity index (χ1v) is 6.12. The fraction of sp³-hybridized carbons (Fsp3) is 0.750. The lowest BCUT2D eigenvalue weighted by molar-refractivity contribution is -0.389. The summed E-state index contributed by atoms with van der Waals surface area (Å²) in [5, 5.41) is 9.06. The Morgan fingerprint density at radius 1 is 1.19 bits per heavy atom. The molecule has 0 bridgehead atoms. The molecule has 1 N–H and O–H groups in total. The highest BCUT2D eigenvalue weighted by atomic mass is 19.4. The van der Waals surface area contributed by atoms with Crippen LogP contribution in [0.3, 0.4) is 0 Å². The van der Waals surface area contributed by atoms with Crippen molar-refractivity contribution in [2.45, 2.75) is 50.2 Å². The lowest BCUT2D eigenvalue weighted by Gasteiger charge is -2.36. The van der Waals surface area contributed by atoms with Crippen LogP contribution in [0.4, 0.5) is 26.3 Å². The number of rotatable bonds is 3. The Kier molecular flexibility index (Phi) is 4.97. The molecule has 1 aliphatic carbocycles. The molecule has 21 heavy (non-hydrogen) atoms. The first kappa shape index (κ1) is 17.8. The number of hydrogen-bond acceptors (Lipinski definition) is 3. The van der Waals surface area contributed by atoms with Gasteiger partial charge in [-0.1, -0.05) is 12.2 Å². The minimum atomic E-state index is -6.02. The van der Waals surface area contributed by atoms with Crippen molar-refractivity contribution in [1.29, 1.82) is 0 Å². The van der Waals surface area contributed by atoms with E-state index in [1.54, 1.807) is 12.2 Å². The fourth-order valence-corrected chi connectivity index (χ4v) is 1.99. The molecule has 1 rings (SSSR count). The van der Waals surface area contributed by atoms with Gasteiger partial charge in [0.15, 0.2) is 0 Å². The molecule has 3 nitrogen and oxygen atoms in total. The molecule has 0 spiro atoms. The van der Waals surface area contributed by atoms with E-state index >= 15 is 0 Å². The van der Waals surface area contributed by atoms with Gasteiger partial charge < -0.3 is 9.84 Å². The van der Waals surface area contributed by atoms with E-state index in [0.717, 1.165) is 0 Å². The second-order valence-electron chi connectivity index (χ2n) is 4.82. The third-order valence-electron chi connectivity index (χ3n) is 3.35. The van der Waals surface area contributed by atoms with Crippen LogP contribution in [0.2, 0.25) is 0 Å². The molecule has 0 radical (unpaired) electrons. The van der Waals surface area contributed by atoms with Crippen molar-refractivity contribution in [3.63, 3.8) is 0 Å². The van der Waals surface area contributed by atoms with Gasteiger partial charge in [-0.15, -0.1) is 0 Å². The minimum Gasteiger partial charge on any atom is -0.459 e. The summed E-state index contributed by atoms with van der Waals surface area (Å²) in [6, 6.07) is 0. The van der Waals surface area contributed by atoms with Gasteiger partial charge in [0.25, 0.3) is 5.60 Å². The zero-order valence-corrected chi connectivity index (χ0v) is 11.0. The average molecular weight is 320 g/mol. The Morgan fingerprint density at radius 2 is 1.71 bits per heavy atom. The molecule has 0 aromatic carbocycles. The Balaban J connectivity index is 2.90. The number of aliphatic hydroxyl groups is 1. The molecule has 122 valence electrons. The van der Waals surface area contributed by atoms with Gasteiger partial charge in [0.1, 0.15) is 6.10 Å². The van der Waals surface area contributed by atoms with E-state index in [9.17, 15) is 31.1 Å². The summed E-state index contributed by atoms with van der Waals surface area (Å²) in [5.74, 6) is -1.98.